The van der Waals surface area contributed by atoms with E-state index in [0.29, 0.717) is 11.6 Å². The maximum absolute atomic E-state index is 6.08. The average molecular weight is 338 g/mol. The second kappa shape index (κ2) is 7.31. The maximum Gasteiger partial charge on any atom is 0.185 e. The number of nitrogens with zero attached hydrogens (tertiary/aromatic N) is 3. The highest BCUT2D eigenvalue weighted by atomic mass is 35.5. The first-order valence-electron chi connectivity index (χ1n) is 7.49. The first kappa shape index (κ1) is 15.6. The van der Waals surface area contributed by atoms with Crippen LogP contribution >= 0.6 is 22.9 Å². The Morgan fingerprint density at radius 2 is 2.00 bits per heavy atom. The van der Waals surface area contributed by atoms with Crippen molar-refractivity contribution < 1.29 is 4.74 Å². The number of para-hydroxylation sites is 1. The molecule has 0 amide bonds. The Kier molecular flexibility index (Phi) is 5.18. The topological polar surface area (TPSA) is 28.6 Å². The van der Waals surface area contributed by atoms with Crippen LogP contribution < -0.4 is 9.64 Å². The molecule has 1 aliphatic heterocycles. The quantitative estimate of drug-likeness (QED) is 0.837. The van der Waals surface area contributed by atoms with Crippen LogP contribution in [0.5, 0.6) is 5.75 Å². The molecule has 3 rings (SSSR count). The molecule has 0 unspecified atom stereocenters. The molecule has 1 fully saturated rings. The van der Waals surface area contributed by atoms with Gasteiger partial charge in [-0.25, -0.2) is 4.98 Å². The van der Waals surface area contributed by atoms with Gasteiger partial charge in [0.25, 0.3) is 0 Å². The molecule has 0 saturated carbocycles. The van der Waals surface area contributed by atoms with E-state index in [1.807, 2.05) is 30.5 Å². The number of hydrogen-bond acceptors (Lipinski definition) is 5. The first-order valence-corrected chi connectivity index (χ1v) is 8.69. The minimum atomic E-state index is 0.667. The molecule has 6 heteroatoms. The van der Waals surface area contributed by atoms with Crippen LogP contribution in [0.15, 0.2) is 30.5 Å². The Hall–Kier alpha value is -1.30. The standard InChI is InChI=1S/C16H20ClN3OS/c1-13-12-18-16(22-13)20-8-6-19(7-9-20)10-11-21-15-5-3-2-4-14(15)17/h2-5,12H,6-11H2,1H3. The second-order valence-electron chi connectivity index (χ2n) is 5.36. The summed E-state index contributed by atoms with van der Waals surface area (Å²) in [5.41, 5.74) is 0. The Bertz CT molecular complexity index is 611. The van der Waals surface area contributed by atoms with E-state index < -0.39 is 0 Å². The van der Waals surface area contributed by atoms with Crippen LogP contribution in [0, 0.1) is 6.92 Å². The minimum absolute atomic E-state index is 0.667. The van der Waals surface area contributed by atoms with Gasteiger partial charge in [0.2, 0.25) is 0 Å². The van der Waals surface area contributed by atoms with Gasteiger partial charge in [0.05, 0.1) is 5.02 Å². The summed E-state index contributed by atoms with van der Waals surface area (Å²) in [4.78, 5) is 10.5. The summed E-state index contributed by atoms with van der Waals surface area (Å²) >= 11 is 7.85. The molecule has 22 heavy (non-hydrogen) atoms. The molecule has 1 saturated heterocycles. The number of thiazole rings is 1. The molecule has 4 nitrogen and oxygen atoms in total. The molecule has 0 atom stereocenters. The van der Waals surface area contributed by atoms with E-state index in [4.69, 9.17) is 16.3 Å². The van der Waals surface area contributed by atoms with Crippen molar-refractivity contribution in [1.82, 2.24) is 9.88 Å². The molecule has 1 aromatic carbocycles. The van der Waals surface area contributed by atoms with Crippen LogP contribution in [0.25, 0.3) is 0 Å². The Morgan fingerprint density at radius 1 is 1.23 bits per heavy atom. The smallest absolute Gasteiger partial charge is 0.185 e. The number of aryl methyl sites for hydroxylation is 1. The number of piperazine rings is 1. The number of ether oxygens (including phenoxy) is 1. The lowest BCUT2D eigenvalue weighted by atomic mass is 10.3. The zero-order valence-corrected chi connectivity index (χ0v) is 14.2. The third-order valence-electron chi connectivity index (χ3n) is 3.75. The van der Waals surface area contributed by atoms with Crippen molar-refractivity contribution in [3.05, 3.63) is 40.4 Å². The van der Waals surface area contributed by atoms with Gasteiger partial charge >= 0.3 is 0 Å². The molecule has 0 bridgehead atoms. The maximum atomic E-state index is 6.08. The predicted molar refractivity (Wildman–Crippen MR) is 92.5 cm³/mol. The fraction of sp³-hybridized carbons (Fsp3) is 0.438. The third-order valence-corrected chi connectivity index (χ3v) is 5.04. The zero-order chi connectivity index (χ0) is 15.4. The van der Waals surface area contributed by atoms with Crippen LogP contribution in [0.1, 0.15) is 4.88 Å². The van der Waals surface area contributed by atoms with Crippen molar-refractivity contribution in [2.45, 2.75) is 6.92 Å². The number of benzene rings is 1. The van der Waals surface area contributed by atoms with Gasteiger partial charge in [-0.05, 0) is 19.1 Å². The van der Waals surface area contributed by atoms with Crippen molar-refractivity contribution in [2.24, 2.45) is 0 Å². The van der Waals surface area contributed by atoms with E-state index in [2.05, 4.69) is 21.7 Å². The molecule has 0 aliphatic carbocycles. The summed E-state index contributed by atoms with van der Waals surface area (Å²) in [7, 11) is 0. The van der Waals surface area contributed by atoms with E-state index in [9.17, 15) is 0 Å². The molecule has 0 N–H and O–H groups in total. The number of halogens is 1. The molecule has 0 spiro atoms. The van der Waals surface area contributed by atoms with Crippen LogP contribution in [-0.4, -0.2) is 49.2 Å². The van der Waals surface area contributed by atoms with E-state index >= 15 is 0 Å². The lowest BCUT2D eigenvalue weighted by Gasteiger charge is -2.34. The van der Waals surface area contributed by atoms with Gasteiger partial charge in [-0.1, -0.05) is 23.7 Å². The fourth-order valence-corrected chi connectivity index (χ4v) is 3.50. The highest BCUT2D eigenvalue weighted by molar-refractivity contribution is 7.15. The summed E-state index contributed by atoms with van der Waals surface area (Å²) in [6, 6.07) is 7.61. The summed E-state index contributed by atoms with van der Waals surface area (Å²) in [6.07, 6.45) is 1.95. The summed E-state index contributed by atoms with van der Waals surface area (Å²) in [6.45, 7) is 7.84. The van der Waals surface area contributed by atoms with Crippen molar-refractivity contribution >= 4 is 28.1 Å². The van der Waals surface area contributed by atoms with Gasteiger partial charge in [0.15, 0.2) is 5.13 Å². The summed E-state index contributed by atoms with van der Waals surface area (Å²) in [5.74, 6) is 0.765. The number of anilines is 1. The Labute approximate surface area is 140 Å². The van der Waals surface area contributed by atoms with Crippen molar-refractivity contribution in [1.29, 1.82) is 0 Å². The summed E-state index contributed by atoms with van der Waals surface area (Å²) < 4.78 is 5.76. The third kappa shape index (κ3) is 3.91. The van der Waals surface area contributed by atoms with Gasteiger partial charge in [-0.15, -0.1) is 11.3 Å². The minimum Gasteiger partial charge on any atom is -0.491 e. The normalized spacial score (nSPS) is 16.0. The van der Waals surface area contributed by atoms with Gasteiger partial charge in [-0.3, -0.25) is 4.90 Å². The van der Waals surface area contributed by atoms with Crippen molar-refractivity contribution in [2.75, 3.05) is 44.2 Å². The van der Waals surface area contributed by atoms with Gasteiger partial charge in [0, 0.05) is 43.8 Å². The number of hydrogen-bond donors (Lipinski definition) is 0. The van der Waals surface area contributed by atoms with Crippen LogP contribution in [0.2, 0.25) is 5.02 Å². The fourth-order valence-electron chi connectivity index (χ4n) is 2.50. The molecule has 2 aromatic rings. The molecule has 2 heterocycles. The molecule has 118 valence electrons. The summed E-state index contributed by atoms with van der Waals surface area (Å²) in [5, 5.41) is 1.82. The van der Waals surface area contributed by atoms with Crippen molar-refractivity contribution in [3.63, 3.8) is 0 Å². The first-order chi connectivity index (χ1) is 10.7. The SMILES string of the molecule is Cc1cnc(N2CCN(CCOc3ccccc3Cl)CC2)s1. The molecule has 0 radical (unpaired) electrons. The van der Waals surface area contributed by atoms with E-state index in [-0.39, 0.29) is 0 Å². The highest BCUT2D eigenvalue weighted by Crippen LogP contribution is 2.24. The monoisotopic (exact) mass is 337 g/mol. The Balaban J connectivity index is 1.42. The van der Waals surface area contributed by atoms with Crippen LogP contribution in [0.4, 0.5) is 5.13 Å². The number of aromatic nitrogens is 1. The van der Waals surface area contributed by atoms with E-state index in [0.717, 1.165) is 43.6 Å². The lowest BCUT2D eigenvalue weighted by Crippen LogP contribution is -2.47. The van der Waals surface area contributed by atoms with E-state index in [1.54, 1.807) is 11.3 Å². The largest absolute Gasteiger partial charge is 0.491 e. The lowest BCUT2D eigenvalue weighted by molar-refractivity contribution is 0.200. The van der Waals surface area contributed by atoms with Crippen LogP contribution in [0.3, 0.4) is 0 Å². The molecule has 1 aliphatic rings. The van der Waals surface area contributed by atoms with Crippen LogP contribution in [-0.2, 0) is 0 Å². The van der Waals surface area contributed by atoms with E-state index in [1.165, 1.54) is 4.88 Å². The Morgan fingerprint density at radius 3 is 2.68 bits per heavy atom. The van der Waals surface area contributed by atoms with Gasteiger partial charge in [-0.2, -0.15) is 0 Å². The predicted octanol–water partition coefficient (Wildman–Crippen LogP) is 3.31. The molecular formula is C16H20ClN3OS. The highest BCUT2D eigenvalue weighted by Gasteiger charge is 2.18. The molecular weight excluding hydrogens is 318 g/mol. The van der Waals surface area contributed by atoms with Crippen molar-refractivity contribution in [3.8, 4) is 5.75 Å². The second-order valence-corrected chi connectivity index (χ2v) is 6.98. The van der Waals surface area contributed by atoms with Gasteiger partial charge in [0.1, 0.15) is 12.4 Å². The van der Waals surface area contributed by atoms with Gasteiger partial charge < -0.3 is 9.64 Å². The average Bonchev–Trinajstić information content (AvgIpc) is 2.96. The number of rotatable bonds is 5. The molecule has 1 aromatic heterocycles. The zero-order valence-electron chi connectivity index (χ0n) is 12.7.